The first-order chi connectivity index (χ1) is 7.25. The van der Waals surface area contributed by atoms with E-state index in [9.17, 15) is 4.79 Å². The van der Waals surface area contributed by atoms with Gasteiger partial charge >= 0.3 is 0 Å². The van der Waals surface area contributed by atoms with E-state index in [2.05, 4.69) is 15.8 Å². The Bertz CT molecular complexity index is 342. The highest BCUT2D eigenvalue weighted by atomic mass is 16.5. The van der Waals surface area contributed by atoms with E-state index in [1.165, 1.54) is 0 Å². The maximum Gasteiger partial charge on any atom is 0.289 e. The van der Waals surface area contributed by atoms with Crippen molar-refractivity contribution in [3.63, 3.8) is 0 Å². The Hall–Kier alpha value is -1.36. The van der Waals surface area contributed by atoms with E-state index in [-0.39, 0.29) is 5.91 Å². The maximum absolute atomic E-state index is 11.5. The summed E-state index contributed by atoms with van der Waals surface area (Å²) in [4.78, 5) is 11.5. The Kier molecular flexibility index (Phi) is 3.01. The van der Waals surface area contributed by atoms with Crippen molar-refractivity contribution in [3.05, 3.63) is 17.5 Å². The van der Waals surface area contributed by atoms with Crippen molar-refractivity contribution in [2.75, 3.05) is 19.6 Å². The summed E-state index contributed by atoms with van der Waals surface area (Å²) in [6, 6.07) is 1.64. The monoisotopic (exact) mass is 209 g/mol. The molecule has 1 atom stereocenters. The molecule has 1 fully saturated rings. The van der Waals surface area contributed by atoms with Gasteiger partial charge in [-0.25, -0.2) is 0 Å². The zero-order valence-corrected chi connectivity index (χ0v) is 8.75. The van der Waals surface area contributed by atoms with Crippen LogP contribution in [-0.4, -0.2) is 30.7 Å². The molecule has 15 heavy (non-hydrogen) atoms. The van der Waals surface area contributed by atoms with Gasteiger partial charge in [0.25, 0.3) is 5.91 Å². The van der Waals surface area contributed by atoms with Gasteiger partial charge < -0.3 is 15.2 Å². The molecule has 2 heterocycles. The van der Waals surface area contributed by atoms with Crippen LogP contribution in [0, 0.1) is 12.8 Å². The van der Waals surface area contributed by atoms with Gasteiger partial charge in [-0.05, 0) is 32.4 Å². The first-order valence-corrected chi connectivity index (χ1v) is 5.18. The lowest BCUT2D eigenvalue weighted by Gasteiger charge is -2.07. The van der Waals surface area contributed by atoms with E-state index < -0.39 is 0 Å². The Morgan fingerprint density at radius 2 is 2.67 bits per heavy atom. The van der Waals surface area contributed by atoms with Gasteiger partial charge in [-0.3, -0.25) is 4.79 Å². The Labute approximate surface area is 88.2 Å². The number of carbonyl (C=O) groups is 1. The van der Waals surface area contributed by atoms with Crippen molar-refractivity contribution in [1.82, 2.24) is 15.8 Å². The van der Waals surface area contributed by atoms with E-state index in [0.717, 1.165) is 25.2 Å². The van der Waals surface area contributed by atoms with Crippen molar-refractivity contribution in [2.24, 2.45) is 5.92 Å². The highest BCUT2D eigenvalue weighted by Gasteiger charge is 2.17. The molecule has 1 unspecified atom stereocenters. The third-order valence-electron chi connectivity index (χ3n) is 2.57. The summed E-state index contributed by atoms with van der Waals surface area (Å²) in [5.41, 5.74) is 0.725. The van der Waals surface area contributed by atoms with Crippen LogP contribution < -0.4 is 10.6 Å². The van der Waals surface area contributed by atoms with Crippen LogP contribution in [0.25, 0.3) is 0 Å². The zero-order valence-electron chi connectivity index (χ0n) is 8.75. The number of rotatable bonds is 3. The third-order valence-corrected chi connectivity index (χ3v) is 2.57. The molecule has 0 radical (unpaired) electrons. The number of aromatic nitrogens is 1. The van der Waals surface area contributed by atoms with E-state index >= 15 is 0 Å². The lowest BCUT2D eigenvalue weighted by atomic mass is 10.1. The quantitative estimate of drug-likeness (QED) is 0.752. The molecule has 82 valence electrons. The molecule has 0 saturated carbocycles. The second kappa shape index (κ2) is 4.44. The Balaban J connectivity index is 1.81. The fourth-order valence-corrected chi connectivity index (χ4v) is 1.68. The number of nitrogens with one attached hydrogen (secondary N) is 2. The number of amides is 1. The van der Waals surface area contributed by atoms with Crippen LogP contribution in [0.1, 0.15) is 22.7 Å². The number of hydrogen-bond donors (Lipinski definition) is 2. The van der Waals surface area contributed by atoms with Crippen LogP contribution in [0.4, 0.5) is 0 Å². The molecule has 1 aliphatic heterocycles. The minimum atomic E-state index is -0.178. The van der Waals surface area contributed by atoms with Gasteiger partial charge in [0.2, 0.25) is 5.76 Å². The molecule has 0 spiro atoms. The standard InChI is InChI=1S/C10H15N3O2/c1-7-4-9(15-13-7)10(14)12-6-8-2-3-11-5-8/h4,8,11H,2-3,5-6H2,1H3,(H,12,14). The minimum absolute atomic E-state index is 0.178. The SMILES string of the molecule is Cc1cc(C(=O)NCC2CCNC2)on1. The summed E-state index contributed by atoms with van der Waals surface area (Å²) in [6.45, 7) is 4.52. The summed E-state index contributed by atoms with van der Waals surface area (Å²) in [7, 11) is 0. The minimum Gasteiger partial charge on any atom is -0.351 e. The van der Waals surface area contributed by atoms with Crippen molar-refractivity contribution >= 4 is 5.91 Å². The molecule has 1 aliphatic rings. The second-order valence-electron chi connectivity index (χ2n) is 3.90. The predicted molar refractivity (Wildman–Crippen MR) is 54.5 cm³/mol. The molecule has 5 nitrogen and oxygen atoms in total. The van der Waals surface area contributed by atoms with Crippen molar-refractivity contribution in [2.45, 2.75) is 13.3 Å². The highest BCUT2D eigenvalue weighted by molar-refractivity contribution is 5.91. The summed E-state index contributed by atoms with van der Waals surface area (Å²) in [5.74, 6) is 0.652. The molecular weight excluding hydrogens is 194 g/mol. The maximum atomic E-state index is 11.5. The normalized spacial score (nSPS) is 20.5. The molecule has 0 aliphatic carbocycles. The summed E-state index contributed by atoms with van der Waals surface area (Å²) in [5, 5.41) is 9.76. The van der Waals surface area contributed by atoms with Crippen LogP contribution in [0.2, 0.25) is 0 Å². The molecule has 2 rings (SSSR count). The molecular formula is C10H15N3O2. The van der Waals surface area contributed by atoms with E-state index in [1.54, 1.807) is 13.0 Å². The number of hydrogen-bond acceptors (Lipinski definition) is 4. The summed E-state index contributed by atoms with van der Waals surface area (Å²) < 4.78 is 4.86. The molecule has 1 aromatic heterocycles. The molecule has 1 aromatic rings. The molecule has 1 amide bonds. The highest BCUT2D eigenvalue weighted by Crippen LogP contribution is 2.06. The van der Waals surface area contributed by atoms with Crippen LogP contribution in [0.15, 0.2) is 10.6 Å². The summed E-state index contributed by atoms with van der Waals surface area (Å²) >= 11 is 0. The average Bonchev–Trinajstić information content (AvgIpc) is 2.84. The Morgan fingerprint density at radius 1 is 1.80 bits per heavy atom. The Morgan fingerprint density at radius 3 is 3.27 bits per heavy atom. The van der Waals surface area contributed by atoms with Crippen molar-refractivity contribution in [1.29, 1.82) is 0 Å². The van der Waals surface area contributed by atoms with Gasteiger partial charge in [-0.2, -0.15) is 0 Å². The molecule has 1 saturated heterocycles. The van der Waals surface area contributed by atoms with E-state index in [0.29, 0.717) is 18.2 Å². The van der Waals surface area contributed by atoms with Gasteiger partial charge in [0.15, 0.2) is 0 Å². The molecule has 0 aromatic carbocycles. The predicted octanol–water partition coefficient (Wildman–Crippen LogP) is 0.322. The van der Waals surface area contributed by atoms with Gasteiger partial charge in [-0.1, -0.05) is 5.16 Å². The van der Waals surface area contributed by atoms with E-state index in [4.69, 9.17) is 4.52 Å². The number of carbonyl (C=O) groups excluding carboxylic acids is 1. The van der Waals surface area contributed by atoms with E-state index in [1.807, 2.05) is 0 Å². The lowest BCUT2D eigenvalue weighted by molar-refractivity contribution is 0.0911. The fourth-order valence-electron chi connectivity index (χ4n) is 1.68. The fraction of sp³-hybridized carbons (Fsp3) is 0.600. The molecule has 5 heteroatoms. The zero-order chi connectivity index (χ0) is 10.7. The van der Waals surface area contributed by atoms with Gasteiger partial charge in [-0.15, -0.1) is 0 Å². The number of aryl methyl sites for hydroxylation is 1. The first kappa shape index (κ1) is 10.2. The summed E-state index contributed by atoms with van der Waals surface area (Å²) in [6.07, 6.45) is 1.12. The van der Waals surface area contributed by atoms with Gasteiger partial charge in [0, 0.05) is 12.6 Å². The van der Waals surface area contributed by atoms with Gasteiger partial charge in [0.05, 0.1) is 5.69 Å². The van der Waals surface area contributed by atoms with Crippen molar-refractivity contribution in [3.8, 4) is 0 Å². The first-order valence-electron chi connectivity index (χ1n) is 5.18. The van der Waals surface area contributed by atoms with Crippen LogP contribution in [0.3, 0.4) is 0 Å². The van der Waals surface area contributed by atoms with Crippen molar-refractivity contribution < 1.29 is 9.32 Å². The van der Waals surface area contributed by atoms with Crippen LogP contribution in [-0.2, 0) is 0 Å². The van der Waals surface area contributed by atoms with Crippen LogP contribution >= 0.6 is 0 Å². The lowest BCUT2D eigenvalue weighted by Crippen LogP contribution is -2.29. The second-order valence-corrected chi connectivity index (χ2v) is 3.90. The molecule has 2 N–H and O–H groups in total. The largest absolute Gasteiger partial charge is 0.351 e. The topological polar surface area (TPSA) is 67.2 Å². The molecule has 0 bridgehead atoms. The smallest absolute Gasteiger partial charge is 0.289 e. The average molecular weight is 209 g/mol. The van der Waals surface area contributed by atoms with Gasteiger partial charge in [0.1, 0.15) is 0 Å². The van der Waals surface area contributed by atoms with Crippen LogP contribution in [0.5, 0.6) is 0 Å². The number of nitrogens with zero attached hydrogens (tertiary/aromatic N) is 1. The third kappa shape index (κ3) is 2.56.